The Balaban J connectivity index is 1.86. The lowest BCUT2D eigenvalue weighted by atomic mass is 9.89. The van der Waals surface area contributed by atoms with Crippen LogP contribution in [0.2, 0.25) is 0 Å². The zero-order chi connectivity index (χ0) is 51.9. The number of likely N-dealkylation sites (tertiary alicyclic amines) is 1. The van der Waals surface area contributed by atoms with Gasteiger partial charge in [0.2, 0.25) is 28.6 Å². The molecule has 69 heavy (non-hydrogen) atoms. The summed E-state index contributed by atoms with van der Waals surface area (Å²) in [5, 5.41) is 8.03. The Bertz CT molecular complexity index is 2040. The van der Waals surface area contributed by atoms with Crippen molar-refractivity contribution in [3.05, 3.63) is 65.7 Å². The van der Waals surface area contributed by atoms with Crippen LogP contribution < -0.4 is 20.3 Å². The Hall–Kier alpha value is -4.63. The monoisotopic (exact) mass is 996 g/mol. The lowest BCUT2D eigenvalue weighted by Crippen LogP contribution is -2.58. The molecule has 20 heteroatoms. The van der Waals surface area contributed by atoms with Gasteiger partial charge in [0.15, 0.2) is 0 Å². The number of carbonyl (C=O) groups excluding carboxylic acids is 5. The molecule has 16 nitrogen and oxygen atoms in total. The number of amides is 5. The third-order valence-electron chi connectivity index (χ3n) is 13.3. The average Bonchev–Trinajstić information content (AvgIpc) is 3.78. The van der Waals surface area contributed by atoms with E-state index in [-0.39, 0.29) is 53.8 Å². The number of ether oxygens (including phenoxy) is 2. The van der Waals surface area contributed by atoms with Crippen molar-refractivity contribution < 1.29 is 55.0 Å². The van der Waals surface area contributed by atoms with E-state index in [0.29, 0.717) is 41.7 Å². The van der Waals surface area contributed by atoms with Gasteiger partial charge in [0.1, 0.15) is 6.04 Å². The number of anilines is 1. The molecule has 0 bridgehead atoms. The highest BCUT2D eigenvalue weighted by atomic mass is 32.2. The summed E-state index contributed by atoms with van der Waals surface area (Å²) in [6, 6.07) is 10.9. The number of methoxy groups -OCH3 is 2. The standard InChI is InChI=1S/C49H76F3N7O9S/c1-13-32(6)43(57(10)47(63)42(31(4)5)53-29-39(30(2)3)56(8)9)40(67-11)27-41(60)58-25-17-20-38(58)44(68-12)33(7)45(61)55-37(26-34-18-15-14-16-19-34)46(62)59(69(65)66)36-23-21-35(22-24-36)28-54-48(64)49(50,51)52/h14-16,18-19,21-24,30-33,37-40,42-44,53,69H,13,17,20,25-29H2,1-12H3,(H,54,64)(H,55,61)/t32-,33+,37-,38-,39+,40+,42-,43-,44+/m0/s1. The quantitative estimate of drug-likeness (QED) is 0.0968. The van der Waals surface area contributed by atoms with Gasteiger partial charge >= 0.3 is 12.1 Å². The Morgan fingerprint density at radius 1 is 0.855 bits per heavy atom. The number of thiol groups is 1. The number of benzene rings is 2. The van der Waals surface area contributed by atoms with Crippen LogP contribution in [0.15, 0.2) is 54.6 Å². The van der Waals surface area contributed by atoms with E-state index in [0.717, 1.165) is 6.42 Å². The molecule has 0 aromatic heterocycles. The predicted octanol–water partition coefficient (Wildman–Crippen LogP) is 4.57. The number of rotatable bonds is 26. The predicted molar refractivity (Wildman–Crippen MR) is 259 cm³/mol. The van der Waals surface area contributed by atoms with Gasteiger partial charge in [-0.25, -0.2) is 12.7 Å². The summed E-state index contributed by atoms with van der Waals surface area (Å²) in [7, 11) is 5.15. The average molecular weight is 996 g/mol. The highest BCUT2D eigenvalue weighted by Gasteiger charge is 2.44. The third-order valence-corrected chi connectivity index (χ3v) is 14.1. The molecular weight excluding hydrogens is 920 g/mol. The van der Waals surface area contributed by atoms with Crippen molar-refractivity contribution in [3.63, 3.8) is 0 Å². The Labute approximate surface area is 408 Å². The summed E-state index contributed by atoms with van der Waals surface area (Å²) in [6.07, 6.45) is -4.94. The second-order valence-corrected chi connectivity index (χ2v) is 19.9. The van der Waals surface area contributed by atoms with E-state index in [1.807, 2.05) is 41.8 Å². The molecule has 1 aliphatic heterocycles. The van der Waals surface area contributed by atoms with Crippen LogP contribution in [-0.2, 0) is 57.3 Å². The molecule has 1 fully saturated rings. The zero-order valence-electron chi connectivity index (χ0n) is 42.2. The van der Waals surface area contributed by atoms with E-state index in [1.165, 1.54) is 38.5 Å². The lowest BCUT2D eigenvalue weighted by Gasteiger charge is -2.41. The summed E-state index contributed by atoms with van der Waals surface area (Å²) in [6.45, 7) is 14.5. The van der Waals surface area contributed by atoms with E-state index in [9.17, 15) is 45.6 Å². The number of halogens is 3. The summed E-state index contributed by atoms with van der Waals surface area (Å²) in [4.78, 5) is 74.2. The number of nitrogens with zero attached hydrogens (tertiary/aromatic N) is 4. The summed E-state index contributed by atoms with van der Waals surface area (Å²) < 4.78 is 76.1. The maximum atomic E-state index is 14.5. The van der Waals surface area contributed by atoms with E-state index in [1.54, 1.807) is 59.4 Å². The molecule has 0 spiro atoms. The second kappa shape index (κ2) is 27.1. The van der Waals surface area contributed by atoms with Crippen LogP contribution in [0.1, 0.15) is 85.3 Å². The normalized spacial score (nSPS) is 17.8. The first-order chi connectivity index (χ1) is 32.4. The van der Waals surface area contributed by atoms with Crippen molar-refractivity contribution in [1.82, 2.24) is 30.7 Å². The third kappa shape index (κ3) is 16.2. The fourth-order valence-electron chi connectivity index (χ4n) is 9.24. The topological polar surface area (TPSA) is 187 Å². The number of alkyl halides is 3. The van der Waals surface area contributed by atoms with Crippen LogP contribution in [0, 0.1) is 23.7 Å². The van der Waals surface area contributed by atoms with Gasteiger partial charge in [-0.3, -0.25) is 24.0 Å². The van der Waals surface area contributed by atoms with E-state index in [4.69, 9.17) is 9.47 Å². The maximum Gasteiger partial charge on any atom is 0.471 e. The van der Waals surface area contributed by atoms with Crippen molar-refractivity contribution >= 4 is 46.1 Å². The van der Waals surface area contributed by atoms with Gasteiger partial charge in [-0.2, -0.15) is 13.2 Å². The molecule has 3 rings (SSSR count). The molecule has 0 aliphatic carbocycles. The number of carbonyl (C=O) groups is 5. The fraction of sp³-hybridized carbons (Fsp3) is 0.653. The van der Waals surface area contributed by atoms with E-state index >= 15 is 0 Å². The Morgan fingerprint density at radius 2 is 1.48 bits per heavy atom. The van der Waals surface area contributed by atoms with Gasteiger partial charge in [0.25, 0.3) is 5.91 Å². The molecule has 0 radical (unpaired) electrons. The zero-order valence-corrected chi connectivity index (χ0v) is 43.1. The number of hydrogen-bond donors (Lipinski definition) is 4. The van der Waals surface area contributed by atoms with Crippen LogP contribution in [0.3, 0.4) is 0 Å². The highest BCUT2D eigenvalue weighted by molar-refractivity contribution is 7.75. The van der Waals surface area contributed by atoms with Gasteiger partial charge in [0.05, 0.1) is 48.4 Å². The number of nitrogens with one attached hydrogen (secondary N) is 3. The lowest BCUT2D eigenvalue weighted by molar-refractivity contribution is -0.173. The molecular formula is C49H76F3N7O9S. The molecule has 1 saturated heterocycles. The van der Waals surface area contributed by atoms with Crippen LogP contribution in [0.5, 0.6) is 0 Å². The largest absolute Gasteiger partial charge is 0.471 e. The Morgan fingerprint density at radius 3 is 1.99 bits per heavy atom. The minimum absolute atomic E-state index is 0.0211. The van der Waals surface area contributed by atoms with Crippen LogP contribution in [0.4, 0.5) is 18.9 Å². The molecule has 2 aromatic rings. The molecule has 3 N–H and O–H groups in total. The Kier molecular flexibility index (Phi) is 23.0. The van der Waals surface area contributed by atoms with Crippen molar-refractivity contribution in [2.24, 2.45) is 23.7 Å². The molecule has 1 heterocycles. The van der Waals surface area contributed by atoms with Crippen LogP contribution in [0.25, 0.3) is 0 Å². The molecule has 2 aromatic carbocycles. The van der Waals surface area contributed by atoms with Crippen molar-refractivity contribution in [3.8, 4) is 0 Å². The smallest absolute Gasteiger partial charge is 0.379 e. The van der Waals surface area contributed by atoms with Crippen LogP contribution in [-0.4, -0.2) is 150 Å². The minimum Gasteiger partial charge on any atom is -0.379 e. The maximum absolute atomic E-state index is 14.5. The molecule has 5 amide bonds. The molecule has 0 unspecified atom stereocenters. The van der Waals surface area contributed by atoms with Gasteiger partial charge in [-0.1, -0.05) is 97.4 Å². The molecule has 388 valence electrons. The number of likely N-dealkylation sites (N-methyl/N-ethyl adjacent to an activating group) is 2. The van der Waals surface area contributed by atoms with Crippen molar-refractivity contribution in [2.75, 3.05) is 52.8 Å². The molecule has 0 saturated carbocycles. The summed E-state index contributed by atoms with van der Waals surface area (Å²) >= 11 is 0. The first-order valence-corrected chi connectivity index (χ1v) is 24.8. The first-order valence-electron chi connectivity index (χ1n) is 23.7. The van der Waals surface area contributed by atoms with Crippen LogP contribution >= 0.6 is 0 Å². The van der Waals surface area contributed by atoms with Crippen molar-refractivity contribution in [2.45, 2.75) is 136 Å². The fourth-order valence-corrected chi connectivity index (χ4v) is 9.86. The first kappa shape index (κ1) is 58.7. The number of hydrogen-bond acceptors (Lipinski definition) is 11. The van der Waals surface area contributed by atoms with Crippen molar-refractivity contribution in [1.29, 1.82) is 0 Å². The minimum atomic E-state index is -5.09. The molecule has 1 aliphatic rings. The second-order valence-electron chi connectivity index (χ2n) is 19.0. The molecule has 9 atom stereocenters. The summed E-state index contributed by atoms with van der Waals surface area (Å²) in [5.74, 6) is -4.79. The van der Waals surface area contributed by atoms with E-state index in [2.05, 4.69) is 29.4 Å². The highest BCUT2D eigenvalue weighted by Crippen LogP contribution is 2.30. The SMILES string of the molecule is CC[C@H](C)[C@@H]([C@@H](CC(=O)N1CCC[C@H]1[C@H](OC)[C@@H](C)C(=O)N[C@@H](Cc1ccccc1)C(=O)N(c1ccc(CNC(=O)C(F)(F)F)cc1)[SH](=O)=O)OC)N(C)C(=O)[C@@H](NC[C@H](C(C)C)N(C)C)C(C)C. The van der Waals surface area contributed by atoms with Gasteiger partial charge in [0, 0.05) is 53.4 Å². The van der Waals surface area contributed by atoms with E-state index < -0.39 is 83.6 Å². The van der Waals surface area contributed by atoms with Gasteiger partial charge in [-0.15, -0.1) is 0 Å². The summed E-state index contributed by atoms with van der Waals surface area (Å²) in [5.41, 5.74) is 0.661. The van der Waals surface area contributed by atoms with Gasteiger partial charge in [-0.05, 0) is 68.0 Å². The van der Waals surface area contributed by atoms with Gasteiger partial charge < -0.3 is 40.1 Å².